The number of rotatable bonds is 7. The van der Waals surface area contributed by atoms with Gasteiger partial charge in [-0.15, -0.1) is 0 Å². The molecular weight excluding hydrogens is 526 g/mol. The molecule has 1 aromatic heterocycles. The third kappa shape index (κ3) is 6.02. The third-order valence-corrected chi connectivity index (χ3v) is 6.93. The van der Waals surface area contributed by atoms with Crippen LogP contribution in [0.5, 0.6) is 5.75 Å². The van der Waals surface area contributed by atoms with Crippen molar-refractivity contribution in [3.05, 3.63) is 116 Å². The summed E-state index contributed by atoms with van der Waals surface area (Å²) in [6.45, 7) is 8.41. The van der Waals surface area contributed by atoms with Gasteiger partial charge in [-0.25, -0.2) is 0 Å². The van der Waals surface area contributed by atoms with Crippen molar-refractivity contribution < 1.29 is 9.53 Å². The maximum Gasteiger partial charge on any atom is 0.266 e. The van der Waals surface area contributed by atoms with Gasteiger partial charge in [0.25, 0.3) is 5.91 Å². The normalized spacial score (nSPS) is 11.2. The average molecular weight is 554 g/mol. The van der Waals surface area contributed by atoms with Gasteiger partial charge in [-0.3, -0.25) is 4.79 Å². The predicted octanol–water partition coefficient (Wildman–Crippen LogP) is 7.60. The highest BCUT2D eigenvalue weighted by Gasteiger charge is 2.15. The topological polar surface area (TPSA) is 67.0 Å². The highest BCUT2D eigenvalue weighted by Crippen LogP contribution is 2.26. The highest BCUT2D eigenvalue weighted by atomic mass is 79.9. The average Bonchev–Trinajstić information content (AvgIpc) is 3.17. The Labute approximate surface area is 226 Å². The Kier molecular flexibility index (Phi) is 7.95. The van der Waals surface area contributed by atoms with Crippen LogP contribution >= 0.6 is 15.9 Å². The van der Waals surface area contributed by atoms with E-state index in [4.69, 9.17) is 4.74 Å². The smallest absolute Gasteiger partial charge is 0.266 e. The molecule has 6 heteroatoms. The van der Waals surface area contributed by atoms with Crippen molar-refractivity contribution in [2.75, 3.05) is 5.32 Å². The molecule has 0 radical (unpaired) electrons. The largest absolute Gasteiger partial charge is 0.489 e. The number of aromatic nitrogens is 1. The molecule has 0 atom stereocenters. The van der Waals surface area contributed by atoms with E-state index in [1.54, 1.807) is 6.08 Å². The summed E-state index contributed by atoms with van der Waals surface area (Å²) in [5, 5.41) is 12.6. The van der Waals surface area contributed by atoms with Gasteiger partial charge in [0, 0.05) is 27.2 Å². The monoisotopic (exact) mass is 553 g/mol. The number of hydrogen-bond donors (Lipinski definition) is 1. The van der Waals surface area contributed by atoms with Gasteiger partial charge in [0.05, 0.1) is 0 Å². The van der Waals surface area contributed by atoms with Crippen molar-refractivity contribution in [2.24, 2.45) is 0 Å². The lowest BCUT2D eigenvalue weighted by atomic mass is 10.1. The lowest BCUT2D eigenvalue weighted by Crippen LogP contribution is -2.14. The van der Waals surface area contributed by atoms with E-state index in [1.807, 2.05) is 100 Å². The van der Waals surface area contributed by atoms with E-state index in [0.717, 1.165) is 49.6 Å². The van der Waals surface area contributed by atoms with Crippen molar-refractivity contribution in [3.63, 3.8) is 0 Å². The summed E-state index contributed by atoms with van der Waals surface area (Å²) in [5.74, 6) is 0.359. The summed E-state index contributed by atoms with van der Waals surface area (Å²) >= 11 is 3.44. The molecule has 37 heavy (non-hydrogen) atoms. The fourth-order valence-electron chi connectivity index (χ4n) is 4.15. The number of ether oxygens (including phenoxy) is 1. The van der Waals surface area contributed by atoms with E-state index >= 15 is 0 Å². The summed E-state index contributed by atoms with van der Waals surface area (Å²) in [6.07, 6.45) is 1.65. The van der Waals surface area contributed by atoms with Gasteiger partial charge in [-0.05, 0) is 105 Å². The second kappa shape index (κ2) is 11.3. The molecule has 186 valence electrons. The summed E-state index contributed by atoms with van der Waals surface area (Å²) in [5.41, 5.74) is 7.65. The van der Waals surface area contributed by atoms with E-state index in [9.17, 15) is 10.1 Å². The van der Waals surface area contributed by atoms with Gasteiger partial charge in [-0.1, -0.05) is 40.2 Å². The van der Waals surface area contributed by atoms with E-state index in [2.05, 4.69) is 31.9 Å². The van der Waals surface area contributed by atoms with Gasteiger partial charge in [0.15, 0.2) is 0 Å². The molecule has 0 aliphatic rings. The van der Waals surface area contributed by atoms with Crippen molar-refractivity contribution >= 4 is 33.6 Å². The lowest BCUT2D eigenvalue weighted by Gasteiger charge is -2.12. The first-order valence-corrected chi connectivity index (χ1v) is 12.7. The fourth-order valence-corrected chi connectivity index (χ4v) is 4.41. The van der Waals surface area contributed by atoms with Crippen molar-refractivity contribution in [1.82, 2.24) is 4.57 Å². The Morgan fingerprint density at radius 1 is 1.03 bits per heavy atom. The zero-order valence-corrected chi connectivity index (χ0v) is 22.9. The Bertz CT molecular complexity index is 1510. The first-order chi connectivity index (χ1) is 17.8. The van der Waals surface area contributed by atoms with Crippen LogP contribution in [0.25, 0.3) is 11.8 Å². The summed E-state index contributed by atoms with van der Waals surface area (Å²) < 4.78 is 9.07. The van der Waals surface area contributed by atoms with Crippen LogP contribution in [0.4, 0.5) is 5.69 Å². The molecule has 1 amide bonds. The number of nitrogens with one attached hydrogen (secondary N) is 1. The van der Waals surface area contributed by atoms with Crippen LogP contribution in [0.2, 0.25) is 0 Å². The van der Waals surface area contributed by atoms with E-state index in [0.29, 0.717) is 12.3 Å². The first-order valence-electron chi connectivity index (χ1n) is 11.9. The Balaban J connectivity index is 1.52. The van der Waals surface area contributed by atoms with E-state index < -0.39 is 5.91 Å². The van der Waals surface area contributed by atoms with Crippen LogP contribution in [0.15, 0.2) is 82.8 Å². The number of nitriles is 1. The highest BCUT2D eigenvalue weighted by molar-refractivity contribution is 9.10. The number of anilines is 1. The maximum absolute atomic E-state index is 12.9. The molecule has 0 spiro atoms. The molecule has 0 fully saturated rings. The standard InChI is InChI=1S/C31H28BrN3O2/c1-20-6-5-7-30(22(20)3)34-31(36)26(18-33)17-25-16-21(2)35(23(25)4)28-12-14-29(15-13-28)37-19-24-8-10-27(32)11-9-24/h5-17H,19H2,1-4H3,(H,34,36)/b26-17-. The molecule has 0 bridgehead atoms. The molecule has 4 rings (SSSR count). The molecule has 1 heterocycles. The molecule has 5 nitrogen and oxygen atoms in total. The second-order valence-corrected chi connectivity index (χ2v) is 9.86. The number of carbonyl (C=O) groups is 1. The number of carbonyl (C=O) groups excluding carboxylic acids is 1. The van der Waals surface area contributed by atoms with E-state index in [1.165, 1.54) is 0 Å². The molecule has 0 unspecified atom stereocenters. The summed E-state index contributed by atoms with van der Waals surface area (Å²) in [4.78, 5) is 12.9. The zero-order chi connectivity index (χ0) is 26.5. The summed E-state index contributed by atoms with van der Waals surface area (Å²) in [6, 6.07) is 25.7. The van der Waals surface area contributed by atoms with Gasteiger partial charge < -0.3 is 14.6 Å². The SMILES string of the molecule is Cc1cccc(NC(=O)/C(C#N)=C\c2cc(C)n(-c3ccc(OCc4ccc(Br)cc4)cc3)c2C)c1C. The van der Waals surface area contributed by atoms with E-state index in [-0.39, 0.29) is 5.57 Å². The summed E-state index contributed by atoms with van der Waals surface area (Å²) in [7, 11) is 0. The number of amides is 1. The Hall–Kier alpha value is -4.08. The van der Waals surface area contributed by atoms with Crippen LogP contribution in [-0.2, 0) is 11.4 Å². The number of benzene rings is 3. The Morgan fingerprint density at radius 2 is 1.73 bits per heavy atom. The molecule has 1 N–H and O–H groups in total. The number of halogens is 1. The van der Waals surface area contributed by atoms with Crippen LogP contribution in [0, 0.1) is 39.0 Å². The van der Waals surface area contributed by atoms with Crippen LogP contribution in [-0.4, -0.2) is 10.5 Å². The maximum atomic E-state index is 12.9. The number of aryl methyl sites for hydroxylation is 2. The molecule has 0 aliphatic carbocycles. The van der Waals surface area contributed by atoms with Crippen molar-refractivity contribution in [2.45, 2.75) is 34.3 Å². The molecule has 0 saturated heterocycles. The van der Waals surface area contributed by atoms with Gasteiger partial charge in [0.2, 0.25) is 0 Å². The third-order valence-electron chi connectivity index (χ3n) is 6.40. The van der Waals surface area contributed by atoms with Gasteiger partial charge in [-0.2, -0.15) is 5.26 Å². The minimum Gasteiger partial charge on any atom is -0.489 e. The molecular formula is C31H28BrN3O2. The van der Waals surface area contributed by atoms with Gasteiger partial charge in [0.1, 0.15) is 24.0 Å². The van der Waals surface area contributed by atoms with Crippen molar-refractivity contribution in [1.29, 1.82) is 5.26 Å². The quantitative estimate of drug-likeness (QED) is 0.189. The molecule has 0 aliphatic heterocycles. The minimum absolute atomic E-state index is 0.0536. The van der Waals surface area contributed by atoms with Crippen molar-refractivity contribution in [3.8, 4) is 17.5 Å². The molecule has 0 saturated carbocycles. The molecule has 3 aromatic carbocycles. The second-order valence-electron chi connectivity index (χ2n) is 8.94. The lowest BCUT2D eigenvalue weighted by molar-refractivity contribution is -0.112. The molecule has 4 aromatic rings. The predicted molar refractivity (Wildman–Crippen MR) is 152 cm³/mol. The number of hydrogen-bond acceptors (Lipinski definition) is 3. The van der Waals surface area contributed by atoms with Crippen LogP contribution < -0.4 is 10.1 Å². The number of nitrogens with zero attached hydrogens (tertiary/aromatic N) is 2. The van der Waals surface area contributed by atoms with Crippen LogP contribution in [0.1, 0.15) is 33.6 Å². The zero-order valence-electron chi connectivity index (χ0n) is 21.3. The fraction of sp³-hybridized carbons (Fsp3) is 0.161. The minimum atomic E-state index is -0.423. The van der Waals surface area contributed by atoms with Gasteiger partial charge >= 0.3 is 0 Å². The van der Waals surface area contributed by atoms with Crippen LogP contribution in [0.3, 0.4) is 0 Å². The Morgan fingerprint density at radius 3 is 2.41 bits per heavy atom. The first kappa shape index (κ1) is 26.0.